The van der Waals surface area contributed by atoms with Crippen LogP contribution in [-0.2, 0) is 0 Å². The molecule has 0 radical (unpaired) electrons. The van der Waals surface area contributed by atoms with Gasteiger partial charge in [-0.1, -0.05) is 0 Å². The Kier molecular flexibility index (Phi) is 5.67. The van der Waals surface area contributed by atoms with Gasteiger partial charge in [0.25, 0.3) is 0 Å². The van der Waals surface area contributed by atoms with E-state index in [0.717, 1.165) is 18.6 Å². The SMILES string of the molecule is CPNc1nn2ccc(N3CCCC3c3cc(F)ccc3F)nc2c1-c1nc(C(=O)O)cs1. The topological polar surface area (TPSA) is 95.7 Å². The highest BCUT2D eigenvalue weighted by Crippen LogP contribution is 2.39. The van der Waals surface area contributed by atoms with Crippen molar-refractivity contribution in [2.45, 2.75) is 18.9 Å². The first-order chi connectivity index (χ1) is 16.0. The molecule has 1 aliphatic heterocycles. The average molecular weight is 488 g/mol. The van der Waals surface area contributed by atoms with E-state index in [9.17, 15) is 18.7 Å². The molecule has 3 aromatic heterocycles. The van der Waals surface area contributed by atoms with E-state index < -0.39 is 17.6 Å². The second kappa shape index (κ2) is 8.64. The van der Waals surface area contributed by atoms with Crippen molar-refractivity contribution in [3.63, 3.8) is 0 Å². The van der Waals surface area contributed by atoms with Crippen LogP contribution in [0.1, 0.15) is 34.9 Å². The van der Waals surface area contributed by atoms with Gasteiger partial charge in [-0.25, -0.2) is 28.1 Å². The number of thiazole rings is 1. The molecule has 1 saturated heterocycles. The molecule has 1 fully saturated rings. The lowest BCUT2D eigenvalue weighted by atomic mass is 10.0. The maximum Gasteiger partial charge on any atom is 0.355 e. The molecule has 2 N–H and O–H groups in total. The number of nitrogens with zero attached hydrogens (tertiary/aromatic N) is 5. The molecule has 12 heteroatoms. The molecule has 8 nitrogen and oxygen atoms in total. The number of benzene rings is 1. The Morgan fingerprint density at radius 3 is 2.91 bits per heavy atom. The highest BCUT2D eigenvalue weighted by molar-refractivity contribution is 7.38. The third-order valence-corrected chi connectivity index (χ3v) is 6.86. The fourth-order valence-corrected chi connectivity index (χ4v) is 5.35. The summed E-state index contributed by atoms with van der Waals surface area (Å²) in [6.45, 7) is 2.61. The van der Waals surface area contributed by atoms with Crippen LogP contribution in [0.25, 0.3) is 16.2 Å². The molecule has 0 amide bonds. The van der Waals surface area contributed by atoms with Gasteiger partial charge in [0, 0.05) is 23.7 Å². The summed E-state index contributed by atoms with van der Waals surface area (Å²) in [5, 5.41) is 19.0. The Hall–Kier alpha value is -3.17. The Labute approximate surface area is 193 Å². The Bertz CT molecular complexity index is 1360. The van der Waals surface area contributed by atoms with Crippen LogP contribution in [0.4, 0.5) is 20.4 Å². The first kappa shape index (κ1) is 21.7. The maximum atomic E-state index is 14.5. The minimum atomic E-state index is -1.11. The van der Waals surface area contributed by atoms with Gasteiger partial charge < -0.3 is 15.1 Å². The van der Waals surface area contributed by atoms with E-state index in [1.54, 1.807) is 16.8 Å². The molecule has 2 atom stereocenters. The number of hydrogen-bond donors (Lipinski definition) is 2. The third-order valence-electron chi connectivity index (χ3n) is 5.52. The van der Waals surface area contributed by atoms with E-state index in [4.69, 9.17) is 4.98 Å². The average Bonchev–Trinajstić information content (AvgIpc) is 3.53. The molecule has 0 aliphatic carbocycles. The van der Waals surface area contributed by atoms with Crippen molar-refractivity contribution in [2.75, 3.05) is 23.2 Å². The Balaban J connectivity index is 1.61. The Morgan fingerprint density at radius 1 is 1.30 bits per heavy atom. The van der Waals surface area contributed by atoms with Crippen molar-refractivity contribution in [3.05, 3.63) is 58.7 Å². The second-order valence-electron chi connectivity index (χ2n) is 7.51. The number of carboxylic acids is 1. The predicted molar refractivity (Wildman–Crippen MR) is 125 cm³/mol. The number of aromatic carboxylic acids is 1. The number of hydrogen-bond acceptors (Lipinski definition) is 7. The fourth-order valence-electron chi connectivity index (χ4n) is 4.10. The fraction of sp³-hybridized carbons (Fsp3) is 0.238. The zero-order chi connectivity index (χ0) is 23.1. The number of aromatic nitrogens is 4. The molecule has 1 aliphatic rings. The second-order valence-corrected chi connectivity index (χ2v) is 9.12. The number of halogens is 2. The summed E-state index contributed by atoms with van der Waals surface area (Å²) in [4.78, 5) is 22.4. The summed E-state index contributed by atoms with van der Waals surface area (Å²) in [6, 6.07) is 4.97. The molecular formula is C21H19F2N6O2PS. The van der Waals surface area contributed by atoms with Crippen LogP contribution in [0.3, 0.4) is 0 Å². The molecule has 170 valence electrons. The molecule has 0 saturated carbocycles. The highest BCUT2D eigenvalue weighted by Gasteiger charge is 2.30. The number of anilines is 2. The van der Waals surface area contributed by atoms with E-state index in [2.05, 4.69) is 15.2 Å². The van der Waals surface area contributed by atoms with E-state index in [-0.39, 0.29) is 11.7 Å². The van der Waals surface area contributed by atoms with E-state index in [1.165, 1.54) is 22.8 Å². The van der Waals surface area contributed by atoms with Crippen molar-refractivity contribution in [1.29, 1.82) is 0 Å². The molecule has 0 spiro atoms. The highest BCUT2D eigenvalue weighted by atomic mass is 32.1. The quantitative estimate of drug-likeness (QED) is 0.376. The predicted octanol–water partition coefficient (Wildman–Crippen LogP) is 4.81. The van der Waals surface area contributed by atoms with E-state index in [0.29, 0.717) is 55.1 Å². The van der Waals surface area contributed by atoms with Crippen molar-refractivity contribution >= 4 is 43.3 Å². The zero-order valence-electron chi connectivity index (χ0n) is 17.4. The molecule has 2 unspecified atom stereocenters. The van der Waals surface area contributed by atoms with Gasteiger partial charge in [-0.2, -0.15) is 0 Å². The van der Waals surface area contributed by atoms with Crippen molar-refractivity contribution in [1.82, 2.24) is 19.6 Å². The molecular weight excluding hydrogens is 469 g/mol. The number of nitrogens with one attached hydrogen (secondary N) is 1. The molecule has 1 aromatic carbocycles. The van der Waals surface area contributed by atoms with Crippen molar-refractivity contribution in [2.24, 2.45) is 0 Å². The van der Waals surface area contributed by atoms with E-state index >= 15 is 0 Å². The van der Waals surface area contributed by atoms with Crippen LogP contribution >= 0.6 is 20.1 Å². The van der Waals surface area contributed by atoms with Crippen LogP contribution in [0.2, 0.25) is 0 Å². The third kappa shape index (κ3) is 3.91. The van der Waals surface area contributed by atoms with Gasteiger partial charge in [-0.15, -0.1) is 16.4 Å². The van der Waals surface area contributed by atoms with E-state index in [1.807, 2.05) is 11.6 Å². The standard InChI is InChI=1S/C21H19F2N6O2PS/c1-32-27-18-17(20-24-14(10-33-20)21(30)31)19-25-16(6-8-29(19)26-18)28-7-2-3-15(28)12-9-11(22)4-5-13(12)23/h4-6,8-10,15,32H,2-3,7H2,1H3,(H,26,27)(H,30,31). The number of fused-ring (bicyclic) bond motifs is 1. The normalized spacial score (nSPS) is 16.3. The van der Waals surface area contributed by atoms with Gasteiger partial charge in [0.15, 0.2) is 17.2 Å². The molecule has 0 bridgehead atoms. The minimum Gasteiger partial charge on any atom is -0.476 e. The first-order valence-electron chi connectivity index (χ1n) is 10.2. The summed E-state index contributed by atoms with van der Waals surface area (Å²) >= 11 is 1.20. The maximum absolute atomic E-state index is 14.5. The van der Waals surface area contributed by atoms with Crippen LogP contribution < -0.4 is 9.99 Å². The van der Waals surface area contributed by atoms with Gasteiger partial charge in [0.1, 0.15) is 22.5 Å². The molecule has 4 aromatic rings. The lowest BCUT2D eigenvalue weighted by Gasteiger charge is -2.26. The lowest BCUT2D eigenvalue weighted by molar-refractivity contribution is 0.0691. The zero-order valence-corrected chi connectivity index (χ0v) is 19.2. The monoisotopic (exact) mass is 488 g/mol. The summed E-state index contributed by atoms with van der Waals surface area (Å²) in [7, 11) is 0.360. The van der Waals surface area contributed by atoms with Crippen LogP contribution in [0.5, 0.6) is 0 Å². The Morgan fingerprint density at radius 2 is 2.15 bits per heavy atom. The van der Waals surface area contributed by atoms with Crippen LogP contribution in [0.15, 0.2) is 35.8 Å². The van der Waals surface area contributed by atoms with Crippen LogP contribution in [-0.4, -0.2) is 43.9 Å². The van der Waals surface area contributed by atoms with Gasteiger partial charge in [0.2, 0.25) is 0 Å². The molecule has 4 heterocycles. The summed E-state index contributed by atoms with van der Waals surface area (Å²) in [6.07, 6.45) is 3.25. The lowest BCUT2D eigenvalue weighted by Crippen LogP contribution is -2.24. The van der Waals surface area contributed by atoms with Gasteiger partial charge in [0.05, 0.1) is 11.6 Å². The molecule has 5 rings (SSSR count). The minimum absolute atomic E-state index is 0.0448. The largest absolute Gasteiger partial charge is 0.476 e. The van der Waals surface area contributed by atoms with Gasteiger partial charge >= 0.3 is 5.97 Å². The van der Waals surface area contributed by atoms with Crippen LogP contribution in [0, 0.1) is 11.6 Å². The first-order valence-corrected chi connectivity index (χ1v) is 12.6. The number of rotatable bonds is 6. The van der Waals surface area contributed by atoms with Gasteiger partial charge in [-0.3, -0.25) is 0 Å². The van der Waals surface area contributed by atoms with Crippen molar-refractivity contribution in [3.8, 4) is 10.6 Å². The summed E-state index contributed by atoms with van der Waals surface area (Å²) < 4.78 is 30.0. The number of carboxylic acid groups (broad SMARTS) is 1. The van der Waals surface area contributed by atoms with Crippen molar-refractivity contribution < 1.29 is 18.7 Å². The van der Waals surface area contributed by atoms with Gasteiger partial charge in [-0.05, 0) is 52.5 Å². The molecule has 33 heavy (non-hydrogen) atoms. The summed E-state index contributed by atoms with van der Waals surface area (Å²) in [5.74, 6) is -0.865. The summed E-state index contributed by atoms with van der Waals surface area (Å²) in [5.41, 5.74) is 1.38. The number of carbonyl (C=O) groups is 1. The smallest absolute Gasteiger partial charge is 0.355 e.